The van der Waals surface area contributed by atoms with E-state index in [1.807, 2.05) is 0 Å². The average molecular weight is 203 g/mol. The summed E-state index contributed by atoms with van der Waals surface area (Å²) in [4.78, 5) is 2.49. The summed E-state index contributed by atoms with van der Waals surface area (Å²) in [5.74, 6) is 0. The van der Waals surface area contributed by atoms with Crippen LogP contribution in [0.2, 0.25) is 0 Å². The van der Waals surface area contributed by atoms with E-state index >= 15 is 0 Å². The van der Waals surface area contributed by atoms with Crippen molar-refractivity contribution in [1.29, 1.82) is 0 Å². The maximum absolute atomic E-state index is 5.74. The zero-order chi connectivity index (χ0) is 10.1. The maximum atomic E-state index is 5.74. The first-order valence-corrected chi connectivity index (χ1v) is 5.87. The second-order valence-corrected chi connectivity index (χ2v) is 4.52. The highest BCUT2D eigenvalue weighted by Crippen LogP contribution is 2.30. The molecular weight excluding hydrogens is 186 g/mol. The minimum absolute atomic E-state index is 0.543. The molecule has 3 aliphatic rings. The van der Waals surface area contributed by atoms with Crippen molar-refractivity contribution in [2.24, 2.45) is 0 Å². The molecule has 3 heterocycles. The van der Waals surface area contributed by atoms with Gasteiger partial charge in [0.1, 0.15) is 0 Å². The Morgan fingerprint density at radius 1 is 1.00 bits per heavy atom. The fraction of sp³-hybridized carbons (Fsp3) is 0.538. The van der Waals surface area contributed by atoms with Crippen molar-refractivity contribution in [3.05, 3.63) is 30.3 Å². The highest BCUT2D eigenvalue weighted by atomic mass is 16.5. The second kappa shape index (κ2) is 3.86. The van der Waals surface area contributed by atoms with Crippen molar-refractivity contribution in [3.63, 3.8) is 0 Å². The number of anilines is 1. The Balaban J connectivity index is 1.71. The quantitative estimate of drug-likeness (QED) is 0.695. The van der Waals surface area contributed by atoms with Crippen LogP contribution in [0.4, 0.5) is 5.69 Å². The lowest BCUT2D eigenvalue weighted by atomic mass is 9.96. The van der Waals surface area contributed by atoms with Crippen LogP contribution >= 0.6 is 0 Å². The first kappa shape index (κ1) is 9.22. The lowest BCUT2D eigenvalue weighted by Gasteiger charge is -2.41. The first-order chi connectivity index (χ1) is 7.42. The smallest absolute Gasteiger partial charge is 0.0620 e. The molecule has 0 aliphatic carbocycles. The van der Waals surface area contributed by atoms with E-state index in [0.717, 1.165) is 13.1 Å². The zero-order valence-electron chi connectivity index (χ0n) is 8.93. The van der Waals surface area contributed by atoms with Crippen LogP contribution in [0.3, 0.4) is 0 Å². The van der Waals surface area contributed by atoms with E-state index < -0.39 is 0 Å². The van der Waals surface area contributed by atoms with Crippen LogP contribution in [0.15, 0.2) is 30.3 Å². The molecule has 1 aromatic rings. The van der Waals surface area contributed by atoms with Crippen molar-refractivity contribution in [2.45, 2.75) is 31.5 Å². The molecule has 3 saturated heterocycles. The summed E-state index contributed by atoms with van der Waals surface area (Å²) in [6.45, 7) is 2.28. The molecule has 2 heteroatoms. The Morgan fingerprint density at radius 2 is 1.60 bits per heavy atom. The van der Waals surface area contributed by atoms with E-state index in [0.29, 0.717) is 12.2 Å². The van der Waals surface area contributed by atoms with E-state index in [1.54, 1.807) is 0 Å². The Labute approximate surface area is 90.8 Å². The van der Waals surface area contributed by atoms with E-state index in [1.165, 1.54) is 24.9 Å². The van der Waals surface area contributed by atoms with E-state index in [2.05, 4.69) is 35.2 Å². The van der Waals surface area contributed by atoms with Gasteiger partial charge in [0.05, 0.1) is 12.2 Å². The third-order valence-corrected chi connectivity index (χ3v) is 3.47. The van der Waals surface area contributed by atoms with Gasteiger partial charge in [-0.2, -0.15) is 0 Å². The van der Waals surface area contributed by atoms with Gasteiger partial charge in [0, 0.05) is 18.8 Å². The molecule has 4 rings (SSSR count). The summed E-state index contributed by atoms with van der Waals surface area (Å²) in [6, 6.07) is 10.7. The summed E-state index contributed by atoms with van der Waals surface area (Å²) in [5.41, 5.74) is 1.36. The van der Waals surface area contributed by atoms with Gasteiger partial charge >= 0.3 is 0 Å². The summed E-state index contributed by atoms with van der Waals surface area (Å²) < 4.78 is 5.74. The molecule has 0 amide bonds. The van der Waals surface area contributed by atoms with Crippen LogP contribution in [-0.2, 0) is 4.74 Å². The Hall–Kier alpha value is -1.02. The van der Waals surface area contributed by atoms with E-state index in [-0.39, 0.29) is 0 Å². The summed E-state index contributed by atoms with van der Waals surface area (Å²) >= 11 is 0. The number of para-hydroxylation sites is 1. The van der Waals surface area contributed by atoms with Crippen LogP contribution < -0.4 is 4.90 Å². The molecule has 3 aliphatic heterocycles. The molecule has 3 fully saturated rings. The SMILES string of the molecule is c1ccc(N2CCC3CC(CC2)O3)cc1. The van der Waals surface area contributed by atoms with Gasteiger partial charge in [-0.1, -0.05) is 18.2 Å². The Morgan fingerprint density at radius 3 is 2.20 bits per heavy atom. The van der Waals surface area contributed by atoms with Crippen LogP contribution in [-0.4, -0.2) is 25.3 Å². The predicted molar refractivity (Wildman–Crippen MR) is 61.2 cm³/mol. The minimum Gasteiger partial charge on any atom is -0.375 e. The maximum Gasteiger partial charge on any atom is 0.0620 e. The van der Waals surface area contributed by atoms with Crippen molar-refractivity contribution < 1.29 is 4.74 Å². The number of hydrogen-bond donors (Lipinski definition) is 0. The third-order valence-electron chi connectivity index (χ3n) is 3.47. The molecule has 2 unspecified atom stereocenters. The predicted octanol–water partition coefficient (Wildman–Crippen LogP) is 2.44. The van der Waals surface area contributed by atoms with Crippen LogP contribution in [0, 0.1) is 0 Å². The van der Waals surface area contributed by atoms with Gasteiger partial charge in [0.15, 0.2) is 0 Å². The van der Waals surface area contributed by atoms with Crippen LogP contribution in [0.1, 0.15) is 19.3 Å². The van der Waals surface area contributed by atoms with Gasteiger partial charge in [0.25, 0.3) is 0 Å². The zero-order valence-corrected chi connectivity index (χ0v) is 8.93. The highest BCUT2D eigenvalue weighted by Gasteiger charge is 2.32. The molecule has 0 saturated carbocycles. The van der Waals surface area contributed by atoms with Crippen molar-refractivity contribution in [2.75, 3.05) is 18.0 Å². The van der Waals surface area contributed by atoms with E-state index in [4.69, 9.17) is 4.74 Å². The number of benzene rings is 1. The van der Waals surface area contributed by atoms with Gasteiger partial charge < -0.3 is 9.64 Å². The molecule has 2 bridgehead atoms. The molecule has 15 heavy (non-hydrogen) atoms. The number of ether oxygens (including phenoxy) is 1. The van der Waals surface area contributed by atoms with Gasteiger partial charge in [0.2, 0.25) is 0 Å². The monoisotopic (exact) mass is 203 g/mol. The molecular formula is C13H17NO. The average Bonchev–Trinajstić information content (AvgIpc) is 2.15. The summed E-state index contributed by atoms with van der Waals surface area (Å²) in [7, 11) is 0. The second-order valence-electron chi connectivity index (χ2n) is 4.52. The largest absolute Gasteiger partial charge is 0.375 e. The normalized spacial score (nSPS) is 30.3. The van der Waals surface area contributed by atoms with Crippen LogP contribution in [0.25, 0.3) is 0 Å². The first-order valence-electron chi connectivity index (χ1n) is 5.87. The molecule has 0 radical (unpaired) electrons. The molecule has 0 spiro atoms. The number of hydrogen-bond acceptors (Lipinski definition) is 2. The lowest BCUT2D eigenvalue weighted by molar-refractivity contribution is -0.131. The standard InChI is InChI=1S/C13H17NO/c1-2-4-11(5-3-1)14-8-6-12-10-13(15-12)7-9-14/h1-5,12-13H,6-10H2. The molecule has 80 valence electrons. The summed E-state index contributed by atoms with van der Waals surface area (Å²) in [6.07, 6.45) is 4.75. The van der Waals surface area contributed by atoms with Crippen LogP contribution in [0.5, 0.6) is 0 Å². The Kier molecular flexibility index (Phi) is 2.37. The number of nitrogens with zero attached hydrogens (tertiary/aromatic N) is 1. The fourth-order valence-corrected chi connectivity index (χ4v) is 2.53. The van der Waals surface area contributed by atoms with Gasteiger partial charge in [-0.3, -0.25) is 0 Å². The lowest BCUT2D eigenvalue weighted by Crippen LogP contribution is -2.45. The number of fused-ring (bicyclic) bond motifs is 4. The highest BCUT2D eigenvalue weighted by molar-refractivity contribution is 5.46. The molecule has 2 atom stereocenters. The molecule has 0 N–H and O–H groups in total. The topological polar surface area (TPSA) is 12.5 Å². The van der Waals surface area contributed by atoms with E-state index in [9.17, 15) is 0 Å². The molecule has 0 aromatic heterocycles. The van der Waals surface area contributed by atoms with Gasteiger partial charge in [-0.25, -0.2) is 0 Å². The van der Waals surface area contributed by atoms with Crippen molar-refractivity contribution in [3.8, 4) is 0 Å². The third kappa shape index (κ3) is 1.86. The number of rotatable bonds is 1. The molecule has 2 nitrogen and oxygen atoms in total. The van der Waals surface area contributed by atoms with Gasteiger partial charge in [-0.15, -0.1) is 0 Å². The van der Waals surface area contributed by atoms with Gasteiger partial charge in [-0.05, 0) is 31.4 Å². The summed E-state index contributed by atoms with van der Waals surface area (Å²) in [5, 5.41) is 0. The minimum atomic E-state index is 0.543. The van der Waals surface area contributed by atoms with Crippen molar-refractivity contribution >= 4 is 5.69 Å². The molecule has 1 aromatic carbocycles. The van der Waals surface area contributed by atoms with Crippen molar-refractivity contribution in [1.82, 2.24) is 0 Å². The fourth-order valence-electron chi connectivity index (χ4n) is 2.53. The Bertz CT molecular complexity index is 307.